The Hall–Kier alpha value is -1.72. The maximum Gasteiger partial charge on any atom is 0.359 e. The molecule has 0 bridgehead atoms. The van der Waals surface area contributed by atoms with Gasteiger partial charge in [0, 0.05) is 0 Å². The van der Waals surface area contributed by atoms with Gasteiger partial charge in [-0.1, -0.05) is 0 Å². The van der Waals surface area contributed by atoms with Gasteiger partial charge in [0.25, 0.3) is 0 Å². The van der Waals surface area contributed by atoms with Crippen molar-refractivity contribution in [3.63, 3.8) is 0 Å². The molecule has 0 aromatic carbocycles. The monoisotopic (exact) mass is 228 g/mol. The molecule has 0 atom stereocenters. The van der Waals surface area contributed by atoms with Gasteiger partial charge in [-0.3, -0.25) is 0 Å². The number of hydrogen-bond acceptors (Lipinski definition) is 5. The summed E-state index contributed by atoms with van der Waals surface area (Å²) in [6, 6.07) is 0. The van der Waals surface area contributed by atoms with E-state index in [0.717, 1.165) is 0 Å². The maximum atomic E-state index is 11.8. The molecule has 0 aliphatic rings. The number of carbonyl (C=O) groups is 1. The first-order chi connectivity index (χ1) is 7.42. The fourth-order valence-corrected chi connectivity index (χ4v) is 0.882. The van der Waals surface area contributed by atoms with Crippen LogP contribution in [0.4, 0.5) is 4.39 Å². The summed E-state index contributed by atoms with van der Waals surface area (Å²) in [5.74, 6) is -0.554. The molecule has 0 aliphatic heterocycles. The van der Waals surface area contributed by atoms with Crippen LogP contribution in [0, 0.1) is 0 Å². The highest BCUT2D eigenvalue weighted by Crippen LogP contribution is 2.11. The fraction of sp³-hybridized carbons (Fsp3) is 0.500. The lowest BCUT2D eigenvalue weighted by molar-refractivity contribution is 0.00622. The van der Waals surface area contributed by atoms with Crippen LogP contribution in [0.25, 0.3) is 0 Å². The summed E-state index contributed by atoms with van der Waals surface area (Å²) in [6.45, 7) is 4.26. The van der Waals surface area contributed by atoms with E-state index in [2.05, 4.69) is 14.7 Å². The standard InChI is InChI=1S/C10H13FN2O3/c1-10(2,3)16-9(14)7-4-13-8(5-12-7)15-6-11/h4-5H,6H2,1-3H3. The highest BCUT2D eigenvalue weighted by Gasteiger charge is 2.19. The van der Waals surface area contributed by atoms with Gasteiger partial charge in [0.1, 0.15) is 5.60 Å². The normalized spacial score (nSPS) is 11.0. The second-order valence-electron chi connectivity index (χ2n) is 4.00. The van der Waals surface area contributed by atoms with E-state index in [1.54, 1.807) is 20.8 Å². The average Bonchev–Trinajstić information content (AvgIpc) is 2.16. The van der Waals surface area contributed by atoms with Crippen molar-refractivity contribution in [2.75, 3.05) is 6.86 Å². The molecular weight excluding hydrogens is 215 g/mol. The second kappa shape index (κ2) is 4.87. The second-order valence-corrected chi connectivity index (χ2v) is 4.00. The summed E-state index contributed by atoms with van der Waals surface area (Å²) >= 11 is 0. The molecule has 6 heteroatoms. The van der Waals surface area contributed by atoms with E-state index in [4.69, 9.17) is 4.74 Å². The third kappa shape index (κ3) is 3.80. The predicted molar refractivity (Wildman–Crippen MR) is 53.8 cm³/mol. The molecule has 1 aromatic heterocycles. The Labute approximate surface area is 92.6 Å². The molecule has 0 unspecified atom stereocenters. The lowest BCUT2D eigenvalue weighted by Gasteiger charge is -2.18. The zero-order valence-corrected chi connectivity index (χ0v) is 9.36. The van der Waals surface area contributed by atoms with Crippen molar-refractivity contribution in [1.82, 2.24) is 9.97 Å². The van der Waals surface area contributed by atoms with Crippen LogP contribution in [-0.4, -0.2) is 28.4 Å². The number of ether oxygens (including phenoxy) is 2. The van der Waals surface area contributed by atoms with Crippen LogP contribution in [0.3, 0.4) is 0 Å². The molecule has 1 aromatic rings. The Balaban J connectivity index is 2.70. The number of rotatable bonds is 3. The molecule has 0 spiro atoms. The lowest BCUT2D eigenvalue weighted by atomic mass is 10.2. The minimum atomic E-state index is -0.986. The minimum absolute atomic E-state index is 0.0230. The van der Waals surface area contributed by atoms with E-state index in [9.17, 15) is 9.18 Å². The first-order valence-corrected chi connectivity index (χ1v) is 4.66. The Morgan fingerprint density at radius 3 is 2.50 bits per heavy atom. The van der Waals surface area contributed by atoms with Crippen molar-refractivity contribution >= 4 is 5.97 Å². The van der Waals surface area contributed by atoms with Crippen molar-refractivity contribution in [2.45, 2.75) is 26.4 Å². The van der Waals surface area contributed by atoms with Crippen LogP contribution in [0.2, 0.25) is 0 Å². The smallest absolute Gasteiger partial charge is 0.359 e. The summed E-state index contributed by atoms with van der Waals surface area (Å²) < 4.78 is 21.3. The molecule has 0 fully saturated rings. The summed E-state index contributed by atoms with van der Waals surface area (Å²) in [4.78, 5) is 18.9. The first-order valence-electron chi connectivity index (χ1n) is 4.66. The Kier molecular flexibility index (Phi) is 3.76. The molecule has 0 aliphatic carbocycles. The summed E-state index contributed by atoms with van der Waals surface area (Å²) in [5, 5.41) is 0. The number of nitrogens with zero attached hydrogens (tertiary/aromatic N) is 2. The third-order valence-corrected chi connectivity index (χ3v) is 1.44. The van der Waals surface area contributed by atoms with Crippen LogP contribution in [-0.2, 0) is 4.74 Å². The molecule has 0 N–H and O–H groups in total. The van der Waals surface area contributed by atoms with Gasteiger partial charge in [0.15, 0.2) is 5.69 Å². The van der Waals surface area contributed by atoms with Crippen molar-refractivity contribution < 1.29 is 18.7 Å². The Bertz CT molecular complexity index is 359. The fourth-order valence-electron chi connectivity index (χ4n) is 0.882. The topological polar surface area (TPSA) is 61.3 Å². The van der Waals surface area contributed by atoms with E-state index in [1.807, 2.05) is 0 Å². The number of aromatic nitrogens is 2. The summed E-state index contributed by atoms with van der Waals surface area (Å²) in [7, 11) is 0. The Morgan fingerprint density at radius 2 is 2.06 bits per heavy atom. The zero-order valence-electron chi connectivity index (χ0n) is 9.36. The van der Waals surface area contributed by atoms with Gasteiger partial charge < -0.3 is 9.47 Å². The van der Waals surface area contributed by atoms with Crippen LogP contribution in [0.5, 0.6) is 5.88 Å². The number of esters is 1. The van der Waals surface area contributed by atoms with E-state index in [-0.39, 0.29) is 11.6 Å². The molecule has 88 valence electrons. The van der Waals surface area contributed by atoms with Gasteiger partial charge in [0.2, 0.25) is 12.7 Å². The molecule has 0 saturated heterocycles. The molecule has 1 rings (SSSR count). The van der Waals surface area contributed by atoms with E-state index in [1.165, 1.54) is 12.4 Å². The third-order valence-electron chi connectivity index (χ3n) is 1.44. The van der Waals surface area contributed by atoms with Crippen molar-refractivity contribution in [2.24, 2.45) is 0 Å². The first kappa shape index (κ1) is 12.4. The van der Waals surface area contributed by atoms with Crippen LogP contribution >= 0.6 is 0 Å². The number of halogens is 1. The van der Waals surface area contributed by atoms with Crippen LogP contribution in [0.1, 0.15) is 31.3 Å². The van der Waals surface area contributed by atoms with Gasteiger partial charge in [-0.2, -0.15) is 0 Å². The quantitative estimate of drug-likeness (QED) is 0.737. The average molecular weight is 228 g/mol. The predicted octanol–water partition coefficient (Wildman–Crippen LogP) is 1.74. The molecule has 0 amide bonds. The van der Waals surface area contributed by atoms with Gasteiger partial charge in [-0.15, -0.1) is 0 Å². The largest absolute Gasteiger partial charge is 0.455 e. The molecule has 16 heavy (non-hydrogen) atoms. The van der Waals surface area contributed by atoms with Crippen molar-refractivity contribution in [3.8, 4) is 5.88 Å². The highest BCUT2D eigenvalue weighted by molar-refractivity contribution is 5.87. The number of hydrogen-bond donors (Lipinski definition) is 0. The minimum Gasteiger partial charge on any atom is -0.455 e. The summed E-state index contributed by atoms with van der Waals surface area (Å²) in [6.07, 6.45) is 2.35. The molecule has 1 heterocycles. The highest BCUT2D eigenvalue weighted by atomic mass is 19.1. The van der Waals surface area contributed by atoms with E-state index >= 15 is 0 Å². The molecule has 0 saturated carbocycles. The molecular formula is C10H13FN2O3. The van der Waals surface area contributed by atoms with Crippen LogP contribution in [0.15, 0.2) is 12.4 Å². The van der Waals surface area contributed by atoms with Gasteiger partial charge in [0.05, 0.1) is 12.4 Å². The molecule has 5 nitrogen and oxygen atoms in total. The van der Waals surface area contributed by atoms with Gasteiger partial charge in [-0.05, 0) is 20.8 Å². The van der Waals surface area contributed by atoms with E-state index < -0.39 is 18.4 Å². The zero-order chi connectivity index (χ0) is 12.2. The van der Waals surface area contributed by atoms with Crippen molar-refractivity contribution in [1.29, 1.82) is 0 Å². The number of carbonyl (C=O) groups excluding carboxylic acids is 1. The van der Waals surface area contributed by atoms with Gasteiger partial charge in [-0.25, -0.2) is 19.2 Å². The lowest BCUT2D eigenvalue weighted by Crippen LogP contribution is -2.24. The molecule has 0 radical (unpaired) electrons. The van der Waals surface area contributed by atoms with Crippen molar-refractivity contribution in [3.05, 3.63) is 18.1 Å². The van der Waals surface area contributed by atoms with Crippen LogP contribution < -0.4 is 4.74 Å². The van der Waals surface area contributed by atoms with E-state index in [0.29, 0.717) is 0 Å². The maximum absolute atomic E-state index is 11.8. The number of alkyl halides is 1. The van der Waals surface area contributed by atoms with Gasteiger partial charge >= 0.3 is 5.97 Å². The summed E-state index contributed by atoms with van der Waals surface area (Å²) in [5.41, 5.74) is -0.534. The SMILES string of the molecule is CC(C)(C)OC(=O)c1cnc(OCF)cn1. The Morgan fingerprint density at radius 1 is 1.38 bits per heavy atom.